The quantitative estimate of drug-likeness (QED) is 0.202. The second-order valence-corrected chi connectivity index (χ2v) is 5.47. The van der Waals surface area contributed by atoms with E-state index in [4.69, 9.17) is 23.7 Å². The molecular formula is C16H28O9. The highest BCUT2D eigenvalue weighted by Gasteiger charge is 2.19. The number of hydrogen-bond acceptors (Lipinski definition) is 9. The number of carbonyl (C=O) groups is 3. The topological polar surface area (TPSA) is 107 Å². The van der Waals surface area contributed by atoms with Gasteiger partial charge in [0.05, 0.1) is 45.4 Å². The van der Waals surface area contributed by atoms with Gasteiger partial charge in [0.25, 0.3) is 0 Å². The molecule has 146 valence electrons. The van der Waals surface area contributed by atoms with Crippen LogP contribution in [0.2, 0.25) is 0 Å². The third-order valence-electron chi connectivity index (χ3n) is 3.00. The minimum atomic E-state index is -0.716. The van der Waals surface area contributed by atoms with Crippen molar-refractivity contribution in [2.75, 3.05) is 41.2 Å². The zero-order chi connectivity index (χ0) is 19.2. The maximum atomic E-state index is 11.7. The number of esters is 3. The summed E-state index contributed by atoms with van der Waals surface area (Å²) in [6.45, 7) is 3.89. The van der Waals surface area contributed by atoms with E-state index in [1.165, 1.54) is 21.3 Å². The van der Waals surface area contributed by atoms with E-state index in [0.29, 0.717) is 0 Å². The number of rotatable bonds is 13. The van der Waals surface area contributed by atoms with Gasteiger partial charge in [-0.25, -0.2) is 0 Å². The van der Waals surface area contributed by atoms with Crippen LogP contribution in [0, 0.1) is 5.92 Å². The lowest BCUT2D eigenvalue weighted by Crippen LogP contribution is -2.28. The molecule has 0 aromatic heterocycles. The Hall–Kier alpha value is -1.71. The highest BCUT2D eigenvalue weighted by atomic mass is 16.7. The standard InChI is InChI=1S/C16H28O9/c1-11(2)23-8-12(9-24-14(18)6-13(17)20-3)10-25-15(19)7-16(21-4)22-5/h11-12,16H,6-10H2,1-5H3. The predicted octanol–water partition coefficient (Wildman–Crippen LogP) is 0.686. The number of ether oxygens (including phenoxy) is 6. The van der Waals surface area contributed by atoms with Gasteiger partial charge in [-0.1, -0.05) is 0 Å². The highest BCUT2D eigenvalue weighted by molar-refractivity contribution is 5.91. The van der Waals surface area contributed by atoms with E-state index >= 15 is 0 Å². The fraction of sp³-hybridized carbons (Fsp3) is 0.812. The summed E-state index contributed by atoms with van der Waals surface area (Å²) in [5.41, 5.74) is 0. The van der Waals surface area contributed by atoms with E-state index in [9.17, 15) is 14.4 Å². The van der Waals surface area contributed by atoms with Crippen LogP contribution in [0.25, 0.3) is 0 Å². The molecule has 1 atom stereocenters. The molecule has 0 bridgehead atoms. The summed E-state index contributed by atoms with van der Waals surface area (Å²) in [4.78, 5) is 34.3. The van der Waals surface area contributed by atoms with Crippen molar-refractivity contribution in [2.45, 2.75) is 39.1 Å². The Morgan fingerprint density at radius 3 is 1.84 bits per heavy atom. The van der Waals surface area contributed by atoms with E-state index in [0.717, 1.165) is 0 Å². The van der Waals surface area contributed by atoms with Crippen LogP contribution < -0.4 is 0 Å². The number of methoxy groups -OCH3 is 3. The third-order valence-corrected chi connectivity index (χ3v) is 3.00. The fourth-order valence-corrected chi connectivity index (χ4v) is 1.59. The molecule has 0 N–H and O–H groups in total. The Balaban J connectivity index is 4.39. The van der Waals surface area contributed by atoms with Gasteiger partial charge in [0.1, 0.15) is 6.42 Å². The maximum absolute atomic E-state index is 11.7. The van der Waals surface area contributed by atoms with Crippen molar-refractivity contribution < 1.29 is 42.8 Å². The van der Waals surface area contributed by atoms with Crippen LogP contribution in [-0.2, 0) is 42.8 Å². The first-order chi connectivity index (χ1) is 11.8. The average Bonchev–Trinajstić information content (AvgIpc) is 2.58. The van der Waals surface area contributed by atoms with Crippen LogP contribution in [0.4, 0.5) is 0 Å². The first-order valence-corrected chi connectivity index (χ1v) is 7.87. The Morgan fingerprint density at radius 2 is 1.36 bits per heavy atom. The second kappa shape index (κ2) is 13.6. The summed E-state index contributed by atoms with van der Waals surface area (Å²) in [5, 5.41) is 0. The van der Waals surface area contributed by atoms with Crippen LogP contribution in [0.1, 0.15) is 26.7 Å². The predicted molar refractivity (Wildman–Crippen MR) is 85.6 cm³/mol. The largest absolute Gasteiger partial charge is 0.469 e. The van der Waals surface area contributed by atoms with Crippen molar-refractivity contribution in [3.05, 3.63) is 0 Å². The molecule has 25 heavy (non-hydrogen) atoms. The highest BCUT2D eigenvalue weighted by Crippen LogP contribution is 2.07. The van der Waals surface area contributed by atoms with Gasteiger partial charge in [-0.2, -0.15) is 0 Å². The molecule has 0 aliphatic heterocycles. The van der Waals surface area contributed by atoms with Crippen LogP contribution in [-0.4, -0.2) is 71.5 Å². The fourth-order valence-electron chi connectivity index (χ4n) is 1.59. The van der Waals surface area contributed by atoms with E-state index < -0.39 is 30.6 Å². The molecule has 0 aliphatic rings. The van der Waals surface area contributed by atoms with Gasteiger partial charge in [0, 0.05) is 14.2 Å². The molecule has 0 amide bonds. The van der Waals surface area contributed by atoms with Crippen LogP contribution in [0.5, 0.6) is 0 Å². The van der Waals surface area contributed by atoms with Gasteiger partial charge in [0.2, 0.25) is 0 Å². The summed E-state index contributed by atoms with van der Waals surface area (Å²) in [6.07, 6.45) is -1.25. The molecule has 0 saturated carbocycles. The Labute approximate surface area is 147 Å². The lowest BCUT2D eigenvalue weighted by atomic mass is 10.2. The van der Waals surface area contributed by atoms with E-state index in [1.807, 2.05) is 13.8 Å². The molecule has 0 fully saturated rings. The molecule has 9 heteroatoms. The SMILES string of the molecule is COC(=O)CC(=O)OCC(COC(=O)CC(OC)OC)COC(C)C. The minimum Gasteiger partial charge on any atom is -0.469 e. The summed E-state index contributed by atoms with van der Waals surface area (Å²) in [5.74, 6) is -2.27. The van der Waals surface area contributed by atoms with Gasteiger partial charge in [-0.05, 0) is 13.8 Å². The van der Waals surface area contributed by atoms with Crippen LogP contribution >= 0.6 is 0 Å². The summed E-state index contributed by atoms with van der Waals surface area (Å²) < 4.78 is 29.8. The average molecular weight is 364 g/mol. The van der Waals surface area contributed by atoms with Gasteiger partial charge < -0.3 is 28.4 Å². The van der Waals surface area contributed by atoms with Crippen molar-refractivity contribution in [3.63, 3.8) is 0 Å². The van der Waals surface area contributed by atoms with E-state index in [1.54, 1.807) is 0 Å². The number of carbonyl (C=O) groups excluding carboxylic acids is 3. The third kappa shape index (κ3) is 12.3. The first-order valence-electron chi connectivity index (χ1n) is 7.87. The second-order valence-electron chi connectivity index (χ2n) is 5.47. The van der Waals surface area contributed by atoms with Gasteiger partial charge in [-0.3, -0.25) is 14.4 Å². The zero-order valence-electron chi connectivity index (χ0n) is 15.4. The molecule has 0 spiro atoms. The van der Waals surface area contributed by atoms with Crippen molar-refractivity contribution in [2.24, 2.45) is 5.92 Å². The molecular weight excluding hydrogens is 336 g/mol. The molecule has 9 nitrogen and oxygen atoms in total. The van der Waals surface area contributed by atoms with Crippen molar-refractivity contribution in [1.29, 1.82) is 0 Å². The zero-order valence-corrected chi connectivity index (χ0v) is 15.4. The lowest BCUT2D eigenvalue weighted by molar-refractivity contribution is -0.162. The van der Waals surface area contributed by atoms with E-state index in [2.05, 4.69) is 4.74 Å². The van der Waals surface area contributed by atoms with Gasteiger partial charge >= 0.3 is 17.9 Å². The normalized spacial score (nSPS) is 12.1. The molecule has 1 unspecified atom stereocenters. The Bertz CT molecular complexity index is 404. The number of hydrogen-bond donors (Lipinski definition) is 0. The summed E-state index contributed by atoms with van der Waals surface area (Å²) in [6, 6.07) is 0. The van der Waals surface area contributed by atoms with Crippen LogP contribution in [0.3, 0.4) is 0 Å². The van der Waals surface area contributed by atoms with Crippen molar-refractivity contribution in [1.82, 2.24) is 0 Å². The Morgan fingerprint density at radius 1 is 0.800 bits per heavy atom. The minimum absolute atomic E-state index is 0.00277. The first kappa shape index (κ1) is 23.3. The molecule has 0 radical (unpaired) electrons. The molecule has 0 aromatic rings. The molecule has 0 rings (SSSR count). The Kier molecular flexibility index (Phi) is 12.6. The summed E-state index contributed by atoms with van der Waals surface area (Å²) >= 11 is 0. The van der Waals surface area contributed by atoms with Crippen LogP contribution in [0.15, 0.2) is 0 Å². The van der Waals surface area contributed by atoms with Crippen molar-refractivity contribution in [3.8, 4) is 0 Å². The molecule has 0 aliphatic carbocycles. The molecule has 0 heterocycles. The molecule has 0 saturated heterocycles. The monoisotopic (exact) mass is 364 g/mol. The summed E-state index contributed by atoms with van der Waals surface area (Å²) in [7, 11) is 4.02. The lowest BCUT2D eigenvalue weighted by Gasteiger charge is -2.19. The smallest absolute Gasteiger partial charge is 0.317 e. The maximum Gasteiger partial charge on any atom is 0.317 e. The van der Waals surface area contributed by atoms with E-state index in [-0.39, 0.29) is 38.3 Å². The van der Waals surface area contributed by atoms with Gasteiger partial charge in [-0.15, -0.1) is 0 Å². The van der Waals surface area contributed by atoms with Gasteiger partial charge in [0.15, 0.2) is 6.29 Å². The molecule has 0 aromatic carbocycles. The van der Waals surface area contributed by atoms with Crippen molar-refractivity contribution >= 4 is 17.9 Å².